The Morgan fingerprint density at radius 2 is 1.89 bits per heavy atom. The minimum Gasteiger partial charge on any atom is -0.493 e. The molecule has 2 rings (SSSR count). The zero-order valence-electron chi connectivity index (χ0n) is 16.7. The van der Waals surface area contributed by atoms with E-state index in [1.165, 1.54) is 0 Å². The maximum Gasteiger partial charge on any atom is 0.223 e. The summed E-state index contributed by atoms with van der Waals surface area (Å²) < 4.78 is 15.8. The van der Waals surface area contributed by atoms with Crippen molar-refractivity contribution in [1.82, 2.24) is 20.4 Å². The topological polar surface area (TPSA) is 85.0 Å². The molecule has 0 radical (unpaired) electrons. The molecule has 0 spiro atoms. The van der Waals surface area contributed by atoms with E-state index in [-0.39, 0.29) is 24.0 Å². The normalized spacial score (nSPS) is 11.0. The van der Waals surface area contributed by atoms with Crippen molar-refractivity contribution >= 4 is 29.9 Å². The molecule has 150 valence electrons. The summed E-state index contributed by atoms with van der Waals surface area (Å²) in [5, 5.41) is 7.16. The van der Waals surface area contributed by atoms with Gasteiger partial charge in [0.2, 0.25) is 5.89 Å². The second-order valence-electron chi connectivity index (χ2n) is 5.89. The van der Waals surface area contributed by atoms with Crippen LogP contribution in [0.25, 0.3) is 0 Å². The highest BCUT2D eigenvalue weighted by Crippen LogP contribution is 2.30. The Labute approximate surface area is 177 Å². The molecule has 0 atom stereocenters. The van der Waals surface area contributed by atoms with Gasteiger partial charge in [0.05, 0.1) is 14.2 Å². The first-order chi connectivity index (χ1) is 12.5. The smallest absolute Gasteiger partial charge is 0.223 e. The third-order valence-corrected chi connectivity index (χ3v) is 3.89. The van der Waals surface area contributed by atoms with E-state index in [2.05, 4.69) is 27.4 Å². The molecule has 0 saturated heterocycles. The summed E-state index contributed by atoms with van der Waals surface area (Å²) in [6.45, 7) is 7.63. The van der Waals surface area contributed by atoms with Crippen LogP contribution in [0.5, 0.6) is 11.5 Å². The summed E-state index contributed by atoms with van der Waals surface area (Å²) in [4.78, 5) is 10.8. The number of aromatic nitrogens is 2. The number of methoxy groups -OCH3 is 2. The number of rotatable bonds is 7. The summed E-state index contributed by atoms with van der Waals surface area (Å²) >= 11 is 0. The van der Waals surface area contributed by atoms with Crippen molar-refractivity contribution in [1.29, 1.82) is 0 Å². The van der Waals surface area contributed by atoms with Gasteiger partial charge in [0.15, 0.2) is 23.3 Å². The molecule has 0 aliphatic carbocycles. The number of hydrogen-bond donors (Lipinski definition) is 1. The van der Waals surface area contributed by atoms with Gasteiger partial charge in [0, 0.05) is 27.1 Å². The van der Waals surface area contributed by atoms with Crippen molar-refractivity contribution in [2.24, 2.45) is 4.99 Å². The Bertz CT molecular complexity index is 763. The third-order valence-electron chi connectivity index (χ3n) is 3.89. The monoisotopic (exact) mass is 489 g/mol. The van der Waals surface area contributed by atoms with Gasteiger partial charge < -0.3 is 24.2 Å². The number of halogens is 1. The first kappa shape index (κ1) is 23.0. The number of nitrogens with zero attached hydrogens (tertiary/aromatic N) is 4. The van der Waals surface area contributed by atoms with Gasteiger partial charge in [0.25, 0.3) is 0 Å². The van der Waals surface area contributed by atoms with Gasteiger partial charge in [-0.25, -0.2) is 4.99 Å². The van der Waals surface area contributed by atoms with Gasteiger partial charge in [-0.3, -0.25) is 0 Å². The number of aryl methyl sites for hydroxylation is 2. The van der Waals surface area contributed by atoms with Gasteiger partial charge in [-0.1, -0.05) is 5.16 Å². The molecule has 1 aromatic heterocycles. The summed E-state index contributed by atoms with van der Waals surface area (Å²) in [7, 11) is 5.26. The van der Waals surface area contributed by atoms with Crippen LogP contribution in [0.3, 0.4) is 0 Å². The quantitative estimate of drug-likeness (QED) is 0.364. The third kappa shape index (κ3) is 6.26. The molecule has 0 amide bonds. The number of benzene rings is 1. The predicted molar refractivity (Wildman–Crippen MR) is 115 cm³/mol. The summed E-state index contributed by atoms with van der Waals surface area (Å²) in [5.74, 6) is 3.31. The molecule has 9 heteroatoms. The van der Waals surface area contributed by atoms with Crippen LogP contribution in [-0.4, -0.2) is 48.8 Å². The molecule has 1 N–H and O–H groups in total. The zero-order chi connectivity index (χ0) is 19.1. The van der Waals surface area contributed by atoms with Crippen LogP contribution in [0, 0.1) is 13.8 Å². The first-order valence-electron chi connectivity index (χ1n) is 8.48. The van der Waals surface area contributed by atoms with E-state index in [9.17, 15) is 0 Å². The van der Waals surface area contributed by atoms with Crippen molar-refractivity contribution < 1.29 is 14.0 Å². The fourth-order valence-electron chi connectivity index (χ4n) is 2.54. The first-order valence-corrected chi connectivity index (χ1v) is 8.48. The number of hydrogen-bond acceptors (Lipinski definition) is 6. The van der Waals surface area contributed by atoms with Crippen LogP contribution in [0.15, 0.2) is 21.6 Å². The molecule has 1 aromatic carbocycles. The minimum atomic E-state index is 0. The average molecular weight is 489 g/mol. The lowest BCUT2D eigenvalue weighted by atomic mass is 10.1. The highest BCUT2D eigenvalue weighted by Gasteiger charge is 2.13. The lowest BCUT2D eigenvalue weighted by molar-refractivity contribution is 0.353. The molecular formula is C18H28IN5O3. The lowest BCUT2D eigenvalue weighted by Crippen LogP contribution is -2.38. The number of nitrogens with one attached hydrogen (secondary N) is 1. The van der Waals surface area contributed by atoms with Crippen LogP contribution in [0.2, 0.25) is 0 Å². The molecule has 0 bridgehead atoms. The highest BCUT2D eigenvalue weighted by molar-refractivity contribution is 14.0. The van der Waals surface area contributed by atoms with Crippen LogP contribution in [0.4, 0.5) is 0 Å². The van der Waals surface area contributed by atoms with E-state index >= 15 is 0 Å². The Balaban J connectivity index is 0.00000364. The van der Waals surface area contributed by atoms with Gasteiger partial charge in [-0.2, -0.15) is 4.98 Å². The summed E-state index contributed by atoms with van der Waals surface area (Å²) in [6.07, 6.45) is 0. The fraction of sp³-hybridized carbons (Fsp3) is 0.500. The Hall–Kier alpha value is -2.04. The molecule has 1 heterocycles. The SMILES string of the molecule is CCNC(=NCc1noc(C)n1)N(C)Cc1cc(OC)c(OC)cc1C.I. The molecule has 0 aliphatic rings. The molecular weight excluding hydrogens is 461 g/mol. The van der Waals surface area contributed by atoms with E-state index in [0.29, 0.717) is 30.6 Å². The molecule has 27 heavy (non-hydrogen) atoms. The van der Waals surface area contributed by atoms with Gasteiger partial charge >= 0.3 is 0 Å². The number of guanidine groups is 1. The minimum absolute atomic E-state index is 0. The molecule has 0 aliphatic heterocycles. The van der Waals surface area contributed by atoms with E-state index < -0.39 is 0 Å². The lowest BCUT2D eigenvalue weighted by Gasteiger charge is -2.23. The number of aliphatic imine (C=N–C) groups is 1. The van der Waals surface area contributed by atoms with E-state index in [4.69, 9.17) is 14.0 Å². The Morgan fingerprint density at radius 1 is 1.22 bits per heavy atom. The summed E-state index contributed by atoms with van der Waals surface area (Å²) in [5.41, 5.74) is 2.25. The van der Waals surface area contributed by atoms with Crippen molar-refractivity contribution in [2.45, 2.75) is 33.9 Å². The second-order valence-corrected chi connectivity index (χ2v) is 5.89. The number of ether oxygens (including phenoxy) is 2. The van der Waals surface area contributed by atoms with Gasteiger partial charge in [-0.15, -0.1) is 24.0 Å². The predicted octanol–water partition coefficient (Wildman–Crippen LogP) is 2.92. The standard InChI is InChI=1S/C18H27N5O3.HI/c1-7-19-18(20-10-17-21-13(3)26-22-17)23(4)11-14-9-16(25-6)15(24-5)8-12(14)2;/h8-9H,7,10-11H2,1-6H3,(H,19,20);1H. The second kappa shape index (κ2) is 11.0. The van der Waals surface area contributed by atoms with E-state index in [0.717, 1.165) is 29.4 Å². The molecule has 8 nitrogen and oxygen atoms in total. The summed E-state index contributed by atoms with van der Waals surface area (Å²) in [6, 6.07) is 3.98. The van der Waals surface area contributed by atoms with Crippen LogP contribution in [-0.2, 0) is 13.1 Å². The zero-order valence-corrected chi connectivity index (χ0v) is 19.0. The van der Waals surface area contributed by atoms with Crippen molar-refractivity contribution in [3.63, 3.8) is 0 Å². The average Bonchev–Trinajstić information content (AvgIpc) is 3.05. The van der Waals surface area contributed by atoms with E-state index in [1.54, 1.807) is 21.1 Å². The van der Waals surface area contributed by atoms with Crippen molar-refractivity contribution in [2.75, 3.05) is 27.8 Å². The molecule has 0 unspecified atom stereocenters. The highest BCUT2D eigenvalue weighted by atomic mass is 127. The Kier molecular flexibility index (Phi) is 9.33. The van der Waals surface area contributed by atoms with Crippen molar-refractivity contribution in [3.05, 3.63) is 35.0 Å². The van der Waals surface area contributed by atoms with E-state index in [1.807, 2.05) is 31.0 Å². The maximum atomic E-state index is 5.41. The Morgan fingerprint density at radius 3 is 2.44 bits per heavy atom. The largest absolute Gasteiger partial charge is 0.493 e. The van der Waals surface area contributed by atoms with Crippen molar-refractivity contribution in [3.8, 4) is 11.5 Å². The van der Waals surface area contributed by atoms with Crippen LogP contribution >= 0.6 is 24.0 Å². The molecule has 2 aromatic rings. The molecule has 0 saturated carbocycles. The fourth-order valence-corrected chi connectivity index (χ4v) is 2.54. The van der Waals surface area contributed by atoms with Crippen LogP contribution in [0.1, 0.15) is 29.8 Å². The van der Waals surface area contributed by atoms with Gasteiger partial charge in [0.1, 0.15) is 6.54 Å². The molecule has 0 fully saturated rings. The maximum absolute atomic E-state index is 5.41. The van der Waals surface area contributed by atoms with Crippen LogP contribution < -0.4 is 14.8 Å². The van der Waals surface area contributed by atoms with Gasteiger partial charge in [-0.05, 0) is 37.1 Å².